The lowest BCUT2D eigenvalue weighted by Crippen LogP contribution is -2.58. The molecule has 2 aromatic heterocycles. The van der Waals surface area contributed by atoms with E-state index in [0.717, 1.165) is 31.9 Å². The second-order valence-electron chi connectivity index (χ2n) is 8.82. The van der Waals surface area contributed by atoms with Gasteiger partial charge in [-0.15, -0.1) is 15.3 Å². The third-order valence-electron chi connectivity index (χ3n) is 6.50. The van der Waals surface area contributed by atoms with Crippen molar-refractivity contribution >= 4 is 0 Å². The summed E-state index contributed by atoms with van der Waals surface area (Å²) in [5.74, 6) is -1.01. The molecule has 35 heavy (non-hydrogen) atoms. The summed E-state index contributed by atoms with van der Waals surface area (Å²) in [6.45, 7) is 3.89. The maximum atomic E-state index is 14.7. The molecule has 180 valence electrons. The van der Waals surface area contributed by atoms with Gasteiger partial charge in [-0.25, -0.2) is 9.07 Å². The van der Waals surface area contributed by atoms with Gasteiger partial charge in [-0.2, -0.15) is 8.78 Å². The Kier molecular flexibility index (Phi) is 5.57. The first-order valence-corrected chi connectivity index (χ1v) is 11.3. The predicted octanol–water partition coefficient (Wildman–Crippen LogP) is 3.92. The Morgan fingerprint density at radius 2 is 1.86 bits per heavy atom. The van der Waals surface area contributed by atoms with Gasteiger partial charge in [0.2, 0.25) is 5.89 Å². The van der Waals surface area contributed by atoms with Gasteiger partial charge in [0.1, 0.15) is 11.5 Å². The number of nitrogens with zero attached hydrogens (tertiary/aromatic N) is 6. The summed E-state index contributed by atoms with van der Waals surface area (Å²) in [5, 5.41) is 15.2. The van der Waals surface area contributed by atoms with E-state index < -0.39 is 18.1 Å². The Hall–Kier alpha value is -3.57. The number of aromatic nitrogens is 5. The number of ether oxygens (including phenoxy) is 1. The average Bonchev–Trinajstić information content (AvgIpc) is 3.46. The van der Waals surface area contributed by atoms with Crippen LogP contribution in [-0.2, 0) is 11.3 Å². The van der Waals surface area contributed by atoms with Gasteiger partial charge in [-0.1, -0.05) is 29.5 Å². The van der Waals surface area contributed by atoms with E-state index in [0.29, 0.717) is 23.2 Å². The standard InChI is InChI=1S/C24H21F3N6O2/c25-20-7-16(23-29-30-24(35-23)22(26)27)4-5-17(20)10-33-11-21(28-31-33)15-3-1-2-14(6-15)18-8-32(9-18)19-12-34-13-19/h1-7,11,18-19,22H,8-10,12-13H2. The van der Waals surface area contributed by atoms with E-state index in [-0.39, 0.29) is 18.0 Å². The quantitative estimate of drug-likeness (QED) is 0.395. The molecule has 4 aromatic rings. The van der Waals surface area contributed by atoms with Gasteiger partial charge < -0.3 is 9.15 Å². The molecule has 2 fully saturated rings. The van der Waals surface area contributed by atoms with Crippen LogP contribution in [0.5, 0.6) is 0 Å². The number of hydrogen-bond donors (Lipinski definition) is 0. The van der Waals surface area contributed by atoms with Crippen molar-refractivity contribution in [3.63, 3.8) is 0 Å². The zero-order chi connectivity index (χ0) is 23.9. The van der Waals surface area contributed by atoms with Gasteiger partial charge in [0, 0.05) is 35.7 Å². The average molecular weight is 482 g/mol. The van der Waals surface area contributed by atoms with E-state index in [1.54, 1.807) is 16.9 Å². The third-order valence-corrected chi connectivity index (χ3v) is 6.50. The van der Waals surface area contributed by atoms with Crippen molar-refractivity contribution in [1.29, 1.82) is 0 Å². The summed E-state index contributed by atoms with van der Waals surface area (Å²) in [7, 11) is 0. The van der Waals surface area contributed by atoms with Crippen molar-refractivity contribution in [2.24, 2.45) is 0 Å². The maximum Gasteiger partial charge on any atom is 0.314 e. The topological polar surface area (TPSA) is 82.1 Å². The Morgan fingerprint density at radius 1 is 1.00 bits per heavy atom. The van der Waals surface area contributed by atoms with Gasteiger partial charge in [0.25, 0.3) is 5.89 Å². The van der Waals surface area contributed by atoms with Crippen molar-refractivity contribution < 1.29 is 22.3 Å². The van der Waals surface area contributed by atoms with Crippen LogP contribution in [-0.4, -0.2) is 62.4 Å². The summed E-state index contributed by atoms with van der Waals surface area (Å²) in [5.41, 5.74) is 3.52. The lowest BCUT2D eigenvalue weighted by atomic mass is 9.88. The van der Waals surface area contributed by atoms with Crippen LogP contribution in [0.2, 0.25) is 0 Å². The summed E-state index contributed by atoms with van der Waals surface area (Å²) in [6, 6.07) is 13.1. The Labute approximate surface area is 198 Å². The smallest absolute Gasteiger partial charge is 0.314 e. The van der Waals surface area contributed by atoms with E-state index >= 15 is 0 Å². The molecule has 0 unspecified atom stereocenters. The van der Waals surface area contributed by atoms with Crippen LogP contribution in [0.3, 0.4) is 0 Å². The molecule has 8 nitrogen and oxygen atoms in total. The molecule has 0 amide bonds. The molecule has 2 aromatic carbocycles. The van der Waals surface area contributed by atoms with Crippen LogP contribution in [0.25, 0.3) is 22.7 Å². The first kappa shape index (κ1) is 21.9. The number of halogens is 3. The fraction of sp³-hybridized carbons (Fsp3) is 0.333. The summed E-state index contributed by atoms with van der Waals surface area (Å²) >= 11 is 0. The number of rotatable bonds is 7. The zero-order valence-corrected chi connectivity index (χ0v) is 18.5. The minimum atomic E-state index is -2.88. The number of hydrogen-bond acceptors (Lipinski definition) is 7. The van der Waals surface area contributed by atoms with Gasteiger partial charge in [0.15, 0.2) is 0 Å². The fourth-order valence-corrected chi connectivity index (χ4v) is 4.34. The zero-order valence-electron chi connectivity index (χ0n) is 18.5. The van der Waals surface area contributed by atoms with Crippen LogP contribution in [0.4, 0.5) is 13.2 Å². The van der Waals surface area contributed by atoms with E-state index in [1.807, 2.05) is 12.1 Å². The summed E-state index contributed by atoms with van der Waals surface area (Å²) < 4.78 is 51.7. The number of alkyl halides is 2. The minimum absolute atomic E-state index is 0.159. The highest BCUT2D eigenvalue weighted by Crippen LogP contribution is 2.32. The normalized spacial score (nSPS) is 17.0. The lowest BCUT2D eigenvalue weighted by Gasteiger charge is -2.47. The maximum absolute atomic E-state index is 14.7. The van der Waals surface area contributed by atoms with Gasteiger partial charge >= 0.3 is 6.43 Å². The van der Waals surface area contributed by atoms with Crippen molar-refractivity contribution in [3.8, 4) is 22.7 Å². The van der Waals surface area contributed by atoms with E-state index in [2.05, 4.69) is 37.5 Å². The minimum Gasteiger partial charge on any atom is -0.415 e. The number of benzene rings is 2. The van der Waals surface area contributed by atoms with Gasteiger partial charge in [-0.05, 0) is 23.8 Å². The highest BCUT2D eigenvalue weighted by molar-refractivity contribution is 5.59. The monoisotopic (exact) mass is 482 g/mol. The molecule has 6 rings (SSSR count). The van der Waals surface area contributed by atoms with Crippen molar-refractivity contribution in [2.45, 2.75) is 24.9 Å². The second-order valence-corrected chi connectivity index (χ2v) is 8.82. The molecule has 0 aliphatic carbocycles. The largest absolute Gasteiger partial charge is 0.415 e. The molecule has 0 spiro atoms. The lowest BCUT2D eigenvalue weighted by molar-refractivity contribution is -0.0906. The van der Waals surface area contributed by atoms with Gasteiger partial charge in [0.05, 0.1) is 32.0 Å². The van der Waals surface area contributed by atoms with E-state index in [1.165, 1.54) is 17.7 Å². The SMILES string of the molecule is Fc1cc(-c2nnc(C(F)F)o2)ccc1Cn1cc(-c2cccc(C3CN(C4COC4)C3)c2)nn1. The third kappa shape index (κ3) is 4.32. The predicted molar refractivity (Wildman–Crippen MR) is 118 cm³/mol. The Bertz CT molecular complexity index is 1350. The van der Waals surface area contributed by atoms with Crippen molar-refractivity contribution in [2.75, 3.05) is 26.3 Å². The molecule has 0 atom stereocenters. The molecule has 0 N–H and O–H groups in total. The fourth-order valence-electron chi connectivity index (χ4n) is 4.34. The number of likely N-dealkylation sites (tertiary alicyclic amines) is 1. The summed E-state index contributed by atoms with van der Waals surface area (Å²) in [6.07, 6.45) is -1.11. The van der Waals surface area contributed by atoms with Crippen LogP contribution >= 0.6 is 0 Å². The van der Waals surface area contributed by atoms with Crippen LogP contribution < -0.4 is 0 Å². The summed E-state index contributed by atoms with van der Waals surface area (Å²) in [4.78, 5) is 2.45. The van der Waals surface area contributed by atoms with Crippen LogP contribution in [0.15, 0.2) is 53.1 Å². The molecule has 2 aliphatic rings. The van der Waals surface area contributed by atoms with Crippen molar-refractivity contribution in [3.05, 3.63) is 71.5 Å². The van der Waals surface area contributed by atoms with Crippen molar-refractivity contribution in [1.82, 2.24) is 30.1 Å². The molecule has 11 heteroatoms. The molecule has 2 aliphatic heterocycles. The van der Waals surface area contributed by atoms with Crippen LogP contribution in [0, 0.1) is 5.82 Å². The molecular weight excluding hydrogens is 461 g/mol. The van der Waals surface area contributed by atoms with Gasteiger partial charge in [-0.3, -0.25) is 4.90 Å². The highest BCUT2D eigenvalue weighted by Gasteiger charge is 2.36. The highest BCUT2D eigenvalue weighted by atomic mass is 19.3. The molecule has 0 bridgehead atoms. The van der Waals surface area contributed by atoms with Crippen LogP contribution in [0.1, 0.15) is 29.4 Å². The molecule has 0 radical (unpaired) electrons. The second kappa shape index (κ2) is 8.90. The van der Waals surface area contributed by atoms with E-state index in [4.69, 9.17) is 9.15 Å². The molecular formula is C24H21F3N6O2. The first-order valence-electron chi connectivity index (χ1n) is 11.3. The molecule has 2 saturated heterocycles. The first-order chi connectivity index (χ1) is 17.0. The molecule has 4 heterocycles. The Morgan fingerprint density at radius 3 is 2.57 bits per heavy atom. The Balaban J connectivity index is 1.14. The van der Waals surface area contributed by atoms with E-state index in [9.17, 15) is 13.2 Å². The molecule has 0 saturated carbocycles.